The number of hydrogen-bond donors (Lipinski definition) is 0. The molecule has 2 aromatic rings. The van der Waals surface area contributed by atoms with Crippen LogP contribution in [-0.4, -0.2) is 19.8 Å². The molecule has 2 aromatic carbocycles. The normalized spacial score (nSPS) is 17.4. The fraction of sp³-hybridized carbons (Fsp3) is 0.294. The molecule has 1 aliphatic rings. The van der Waals surface area contributed by atoms with Gasteiger partial charge in [-0.05, 0) is 43.7 Å². The second kappa shape index (κ2) is 5.08. The molecule has 1 aliphatic heterocycles. The Labute approximate surface area is 119 Å². The summed E-state index contributed by atoms with van der Waals surface area (Å²) in [5.41, 5.74) is 3.40. The Bertz CT molecular complexity index is 624. The summed E-state index contributed by atoms with van der Waals surface area (Å²) in [5.74, 6) is 1.81. The number of fused-ring (bicyclic) bond motifs is 1. The zero-order chi connectivity index (χ0) is 14.1. The largest absolute Gasteiger partial charge is 0.495 e. The lowest BCUT2D eigenvalue weighted by Gasteiger charge is -2.35. The van der Waals surface area contributed by atoms with E-state index in [0.717, 1.165) is 29.4 Å². The predicted molar refractivity (Wildman–Crippen MR) is 81.3 cm³/mol. The maximum Gasteiger partial charge on any atom is 0.143 e. The average Bonchev–Trinajstić information content (AvgIpc) is 2.46. The number of aryl methyl sites for hydroxylation is 1. The quantitative estimate of drug-likeness (QED) is 0.824. The second-order valence-electron chi connectivity index (χ2n) is 5.18. The summed E-state index contributed by atoms with van der Waals surface area (Å²) < 4.78 is 11.4. The molecule has 3 nitrogen and oxygen atoms in total. The van der Waals surface area contributed by atoms with Crippen molar-refractivity contribution in [2.24, 2.45) is 0 Å². The van der Waals surface area contributed by atoms with E-state index in [9.17, 15) is 0 Å². The lowest BCUT2D eigenvalue weighted by atomic mass is 10.1. The van der Waals surface area contributed by atoms with Crippen molar-refractivity contribution in [3.63, 3.8) is 0 Å². The van der Waals surface area contributed by atoms with Crippen molar-refractivity contribution in [2.75, 3.05) is 18.6 Å². The molecule has 1 heterocycles. The summed E-state index contributed by atoms with van der Waals surface area (Å²) in [6.45, 7) is 5.00. The number of ether oxygens (including phenoxy) is 2. The van der Waals surface area contributed by atoms with E-state index in [4.69, 9.17) is 9.47 Å². The Morgan fingerprint density at radius 2 is 1.95 bits per heavy atom. The highest BCUT2D eigenvalue weighted by Crippen LogP contribution is 2.41. The van der Waals surface area contributed by atoms with Crippen LogP contribution in [0.25, 0.3) is 0 Å². The van der Waals surface area contributed by atoms with Crippen molar-refractivity contribution in [1.82, 2.24) is 0 Å². The van der Waals surface area contributed by atoms with Gasteiger partial charge in [0.05, 0.1) is 25.0 Å². The molecule has 0 N–H and O–H groups in total. The standard InChI is InChI=1S/C17H19NO2/c1-12-8-9-16(19-3)15(10-12)18-11-13(2)20-17-7-5-4-6-14(17)18/h4-10,13H,11H2,1-3H3. The van der Waals surface area contributed by atoms with Gasteiger partial charge in [0.2, 0.25) is 0 Å². The van der Waals surface area contributed by atoms with Crippen molar-refractivity contribution in [3.8, 4) is 11.5 Å². The van der Waals surface area contributed by atoms with Crippen LogP contribution in [0.3, 0.4) is 0 Å². The molecule has 3 heteroatoms. The van der Waals surface area contributed by atoms with Gasteiger partial charge in [-0.25, -0.2) is 0 Å². The van der Waals surface area contributed by atoms with E-state index in [2.05, 4.69) is 36.9 Å². The van der Waals surface area contributed by atoms with Gasteiger partial charge in [-0.3, -0.25) is 0 Å². The van der Waals surface area contributed by atoms with Crippen LogP contribution in [0.2, 0.25) is 0 Å². The first kappa shape index (κ1) is 12.9. The molecule has 104 valence electrons. The molecule has 0 radical (unpaired) electrons. The first-order valence-corrected chi connectivity index (χ1v) is 6.87. The van der Waals surface area contributed by atoms with Crippen LogP contribution < -0.4 is 14.4 Å². The smallest absolute Gasteiger partial charge is 0.143 e. The van der Waals surface area contributed by atoms with E-state index in [-0.39, 0.29) is 6.10 Å². The van der Waals surface area contributed by atoms with Crippen LogP contribution in [0.5, 0.6) is 11.5 Å². The van der Waals surface area contributed by atoms with Crippen LogP contribution in [-0.2, 0) is 0 Å². The van der Waals surface area contributed by atoms with Crippen molar-refractivity contribution in [1.29, 1.82) is 0 Å². The molecule has 0 saturated heterocycles. The summed E-state index contributed by atoms with van der Waals surface area (Å²) >= 11 is 0. The Morgan fingerprint density at radius 1 is 1.15 bits per heavy atom. The number of rotatable bonds is 2. The number of hydrogen-bond acceptors (Lipinski definition) is 3. The molecule has 20 heavy (non-hydrogen) atoms. The van der Waals surface area contributed by atoms with Crippen LogP contribution in [0, 0.1) is 6.92 Å². The maximum absolute atomic E-state index is 5.90. The van der Waals surface area contributed by atoms with E-state index in [1.165, 1.54) is 5.56 Å². The monoisotopic (exact) mass is 269 g/mol. The number of methoxy groups -OCH3 is 1. The van der Waals surface area contributed by atoms with Crippen LogP contribution in [0.4, 0.5) is 11.4 Å². The van der Waals surface area contributed by atoms with Crippen molar-refractivity contribution >= 4 is 11.4 Å². The molecule has 0 amide bonds. The van der Waals surface area contributed by atoms with E-state index in [1.54, 1.807) is 7.11 Å². The molecule has 0 aliphatic carbocycles. The van der Waals surface area contributed by atoms with E-state index in [0.29, 0.717) is 0 Å². The molecule has 0 spiro atoms. The highest BCUT2D eigenvalue weighted by molar-refractivity contribution is 5.75. The Morgan fingerprint density at radius 3 is 2.75 bits per heavy atom. The average molecular weight is 269 g/mol. The van der Waals surface area contributed by atoms with Crippen molar-refractivity contribution < 1.29 is 9.47 Å². The van der Waals surface area contributed by atoms with Crippen LogP contribution in [0.15, 0.2) is 42.5 Å². The number of nitrogens with zero attached hydrogens (tertiary/aromatic N) is 1. The molecular weight excluding hydrogens is 250 g/mol. The van der Waals surface area contributed by atoms with Gasteiger partial charge in [0, 0.05) is 0 Å². The van der Waals surface area contributed by atoms with E-state index >= 15 is 0 Å². The number of para-hydroxylation sites is 2. The summed E-state index contributed by atoms with van der Waals surface area (Å²) in [6, 6.07) is 14.4. The summed E-state index contributed by atoms with van der Waals surface area (Å²) in [5, 5.41) is 0. The first-order chi connectivity index (χ1) is 9.69. The van der Waals surface area contributed by atoms with Gasteiger partial charge in [-0.15, -0.1) is 0 Å². The van der Waals surface area contributed by atoms with Crippen LogP contribution >= 0.6 is 0 Å². The molecule has 0 saturated carbocycles. The topological polar surface area (TPSA) is 21.7 Å². The van der Waals surface area contributed by atoms with E-state index in [1.807, 2.05) is 24.3 Å². The van der Waals surface area contributed by atoms with Gasteiger partial charge < -0.3 is 14.4 Å². The summed E-state index contributed by atoms with van der Waals surface area (Å²) in [4.78, 5) is 2.27. The zero-order valence-corrected chi connectivity index (χ0v) is 12.1. The van der Waals surface area contributed by atoms with Crippen LogP contribution in [0.1, 0.15) is 12.5 Å². The van der Waals surface area contributed by atoms with Crippen molar-refractivity contribution in [3.05, 3.63) is 48.0 Å². The van der Waals surface area contributed by atoms with Crippen molar-refractivity contribution in [2.45, 2.75) is 20.0 Å². The molecule has 0 bridgehead atoms. The molecule has 0 fully saturated rings. The van der Waals surface area contributed by atoms with Gasteiger partial charge in [-0.2, -0.15) is 0 Å². The van der Waals surface area contributed by atoms with Gasteiger partial charge >= 0.3 is 0 Å². The summed E-state index contributed by atoms with van der Waals surface area (Å²) in [7, 11) is 1.71. The third-order valence-electron chi connectivity index (χ3n) is 3.55. The minimum absolute atomic E-state index is 0.148. The number of benzene rings is 2. The molecular formula is C17H19NO2. The predicted octanol–water partition coefficient (Wildman–Crippen LogP) is 3.92. The molecule has 1 atom stereocenters. The van der Waals surface area contributed by atoms with Gasteiger partial charge in [0.15, 0.2) is 0 Å². The maximum atomic E-state index is 5.90. The summed E-state index contributed by atoms with van der Waals surface area (Å²) in [6.07, 6.45) is 0.148. The highest BCUT2D eigenvalue weighted by Gasteiger charge is 2.25. The SMILES string of the molecule is COc1ccc(C)cc1N1CC(C)Oc2ccccc21. The Kier molecular flexibility index (Phi) is 3.26. The number of anilines is 2. The first-order valence-electron chi connectivity index (χ1n) is 6.87. The molecule has 3 rings (SSSR count). The van der Waals surface area contributed by atoms with E-state index < -0.39 is 0 Å². The van der Waals surface area contributed by atoms with Gasteiger partial charge in [0.25, 0.3) is 0 Å². The van der Waals surface area contributed by atoms with Gasteiger partial charge in [0.1, 0.15) is 17.6 Å². The Balaban J connectivity index is 2.13. The second-order valence-corrected chi connectivity index (χ2v) is 5.18. The third-order valence-corrected chi connectivity index (χ3v) is 3.55. The molecule has 0 aromatic heterocycles. The Hall–Kier alpha value is -2.16. The lowest BCUT2D eigenvalue weighted by molar-refractivity contribution is 0.217. The van der Waals surface area contributed by atoms with Gasteiger partial charge in [-0.1, -0.05) is 18.2 Å². The fourth-order valence-corrected chi connectivity index (χ4v) is 2.63. The lowest BCUT2D eigenvalue weighted by Crippen LogP contribution is -2.35. The minimum atomic E-state index is 0.148. The zero-order valence-electron chi connectivity index (χ0n) is 12.1. The minimum Gasteiger partial charge on any atom is -0.495 e. The fourth-order valence-electron chi connectivity index (χ4n) is 2.63. The molecule has 1 unspecified atom stereocenters. The highest BCUT2D eigenvalue weighted by atomic mass is 16.5. The third kappa shape index (κ3) is 2.20.